The zero-order chi connectivity index (χ0) is 34.0. The fraction of sp³-hybridized carbons (Fsp3) is 0.579. The van der Waals surface area contributed by atoms with Gasteiger partial charge in [0.1, 0.15) is 0 Å². The monoisotopic (exact) mass is 664 g/mol. The van der Waals surface area contributed by atoms with Crippen molar-refractivity contribution in [2.24, 2.45) is 5.92 Å². The molecule has 4 aliphatic rings. The minimum atomic E-state index is -0.589. The number of esters is 2. The van der Waals surface area contributed by atoms with Gasteiger partial charge in [-0.15, -0.1) is 0 Å². The first-order valence-electron chi connectivity index (χ1n) is 17.5. The molecule has 48 heavy (non-hydrogen) atoms. The molecule has 2 aliphatic carbocycles. The van der Waals surface area contributed by atoms with Gasteiger partial charge in [-0.3, -0.25) is 4.79 Å². The smallest absolute Gasteiger partial charge is 0.335 e. The van der Waals surface area contributed by atoms with Crippen molar-refractivity contribution in [3.05, 3.63) is 83.1 Å². The summed E-state index contributed by atoms with van der Waals surface area (Å²) in [7, 11) is 0. The number of rotatable bonds is 10. The molecule has 10 nitrogen and oxygen atoms in total. The molecule has 0 bridgehead atoms. The van der Waals surface area contributed by atoms with Crippen LogP contribution in [0.5, 0.6) is 0 Å². The highest BCUT2D eigenvalue weighted by Crippen LogP contribution is 2.41. The number of carbonyl (C=O) groups is 2. The standard InChI is InChI=1S/C19H27NO4.C19H25NO4/c2*1-3-22-18(21)16-9-10-19(23-11-12-24-19)13-17(16)20-14(2)15-7-5-4-6-8-15/h4-8,14,16-17,20H,3,9-13H2,1-2H3;4-8,14,20H,3,9-13H2,1-2H3/t14-,16+,17-;14-/m11/s1. The molecule has 2 aromatic rings. The highest BCUT2D eigenvalue weighted by molar-refractivity contribution is 5.89. The first-order chi connectivity index (χ1) is 23.3. The second kappa shape index (κ2) is 16.9. The van der Waals surface area contributed by atoms with Crippen molar-refractivity contribution in [1.29, 1.82) is 0 Å². The zero-order valence-corrected chi connectivity index (χ0v) is 28.8. The zero-order valence-electron chi connectivity index (χ0n) is 28.8. The number of nitrogens with one attached hydrogen (secondary N) is 2. The average Bonchev–Trinajstić information content (AvgIpc) is 3.75. The SMILES string of the molecule is CCOC(=O)C1=C(N[C@H](C)c2ccccc2)CC2(CC1)OCCO2.CCOC(=O)[C@H]1CCC2(C[C@H]1N[C@H](C)c1ccccc1)OCCO2. The quantitative estimate of drug-likeness (QED) is 0.298. The van der Waals surface area contributed by atoms with Crippen LogP contribution in [-0.4, -0.2) is 69.2 Å². The highest BCUT2D eigenvalue weighted by atomic mass is 16.7. The van der Waals surface area contributed by atoms with Gasteiger partial charge in [-0.1, -0.05) is 60.7 Å². The van der Waals surface area contributed by atoms with Crippen LogP contribution in [0.25, 0.3) is 0 Å². The number of benzene rings is 2. The molecule has 2 spiro atoms. The van der Waals surface area contributed by atoms with E-state index in [2.05, 4.69) is 48.7 Å². The fourth-order valence-corrected chi connectivity index (χ4v) is 7.12. The van der Waals surface area contributed by atoms with Gasteiger partial charge in [0.15, 0.2) is 11.6 Å². The minimum absolute atomic E-state index is 0.0221. The first-order valence-corrected chi connectivity index (χ1v) is 17.5. The van der Waals surface area contributed by atoms with Crippen molar-refractivity contribution < 1.29 is 38.0 Å². The van der Waals surface area contributed by atoms with Gasteiger partial charge in [0.25, 0.3) is 0 Å². The van der Waals surface area contributed by atoms with E-state index >= 15 is 0 Å². The molecule has 2 aliphatic heterocycles. The summed E-state index contributed by atoms with van der Waals surface area (Å²) in [5.74, 6) is -1.64. The lowest BCUT2D eigenvalue weighted by atomic mass is 9.80. The van der Waals surface area contributed by atoms with Crippen molar-refractivity contribution in [1.82, 2.24) is 10.6 Å². The molecule has 1 saturated carbocycles. The molecule has 3 fully saturated rings. The molecule has 0 radical (unpaired) electrons. The Morgan fingerprint density at radius 3 is 1.94 bits per heavy atom. The van der Waals surface area contributed by atoms with Gasteiger partial charge in [0.2, 0.25) is 0 Å². The summed E-state index contributed by atoms with van der Waals surface area (Å²) in [5, 5.41) is 7.11. The van der Waals surface area contributed by atoms with Crippen LogP contribution in [-0.2, 0) is 38.0 Å². The van der Waals surface area contributed by atoms with E-state index in [9.17, 15) is 9.59 Å². The lowest BCUT2D eigenvalue weighted by molar-refractivity contribution is -0.194. The lowest BCUT2D eigenvalue weighted by Gasteiger charge is -2.41. The predicted molar refractivity (Wildman–Crippen MR) is 181 cm³/mol. The van der Waals surface area contributed by atoms with Crippen LogP contribution in [0.2, 0.25) is 0 Å². The van der Waals surface area contributed by atoms with Gasteiger partial charge < -0.3 is 39.1 Å². The number of hydrogen-bond donors (Lipinski definition) is 2. The summed E-state index contributed by atoms with van der Waals surface area (Å²) in [6.45, 7) is 11.1. The molecule has 10 heteroatoms. The molecular weight excluding hydrogens is 612 g/mol. The summed E-state index contributed by atoms with van der Waals surface area (Å²) in [5.41, 5.74) is 3.95. The average molecular weight is 665 g/mol. The molecule has 2 saturated heterocycles. The van der Waals surface area contributed by atoms with E-state index in [1.165, 1.54) is 11.1 Å². The summed E-state index contributed by atoms with van der Waals surface area (Å²) in [6.07, 6.45) is 3.98. The Labute approximate surface area is 284 Å². The van der Waals surface area contributed by atoms with Gasteiger partial charge in [-0.2, -0.15) is 0 Å². The molecular formula is C38H52N2O8. The van der Waals surface area contributed by atoms with Crippen molar-refractivity contribution >= 4 is 11.9 Å². The van der Waals surface area contributed by atoms with Crippen molar-refractivity contribution in [2.45, 2.75) is 95.9 Å². The summed E-state index contributed by atoms with van der Waals surface area (Å²) in [4.78, 5) is 24.7. The Morgan fingerprint density at radius 1 is 0.792 bits per heavy atom. The van der Waals surface area contributed by atoms with Crippen LogP contribution in [0.1, 0.15) is 89.4 Å². The van der Waals surface area contributed by atoms with E-state index in [0.717, 1.165) is 18.5 Å². The number of hydrogen-bond acceptors (Lipinski definition) is 10. The molecule has 0 aromatic heterocycles. The Bertz CT molecular complexity index is 1360. The summed E-state index contributed by atoms with van der Waals surface area (Å²) < 4.78 is 33.9. The number of ether oxygens (including phenoxy) is 6. The van der Waals surface area contributed by atoms with E-state index in [4.69, 9.17) is 28.4 Å². The van der Waals surface area contributed by atoms with Crippen LogP contribution in [0, 0.1) is 5.92 Å². The molecule has 2 aromatic carbocycles. The molecule has 0 amide bonds. The van der Waals surface area contributed by atoms with Crippen molar-refractivity contribution in [2.75, 3.05) is 39.6 Å². The Hall–Kier alpha value is -3.28. The fourth-order valence-electron chi connectivity index (χ4n) is 7.12. The van der Waals surface area contributed by atoms with Crippen molar-refractivity contribution in [3.63, 3.8) is 0 Å². The van der Waals surface area contributed by atoms with Crippen LogP contribution in [0.3, 0.4) is 0 Å². The second-order valence-corrected chi connectivity index (χ2v) is 12.9. The Kier molecular flexibility index (Phi) is 12.7. The maximum Gasteiger partial charge on any atom is 0.335 e. The molecule has 2 heterocycles. The lowest BCUT2D eigenvalue weighted by Crippen LogP contribution is -2.52. The molecule has 6 rings (SSSR count). The Balaban J connectivity index is 0.000000188. The topological polar surface area (TPSA) is 114 Å². The Morgan fingerprint density at radius 2 is 1.35 bits per heavy atom. The maximum absolute atomic E-state index is 12.4. The second-order valence-electron chi connectivity index (χ2n) is 12.9. The third-order valence-corrected chi connectivity index (χ3v) is 9.61. The predicted octanol–water partition coefficient (Wildman–Crippen LogP) is 5.89. The first kappa shape index (κ1) is 36.0. The third-order valence-electron chi connectivity index (χ3n) is 9.61. The van der Waals surface area contributed by atoms with E-state index in [0.29, 0.717) is 70.9 Å². The van der Waals surface area contributed by atoms with Crippen LogP contribution in [0.15, 0.2) is 71.9 Å². The molecule has 262 valence electrons. The van der Waals surface area contributed by atoms with Gasteiger partial charge in [0.05, 0.1) is 51.1 Å². The molecule has 0 unspecified atom stereocenters. The molecule has 2 N–H and O–H groups in total. The van der Waals surface area contributed by atoms with E-state index < -0.39 is 11.6 Å². The third kappa shape index (κ3) is 9.03. The van der Waals surface area contributed by atoms with E-state index in [1.54, 1.807) is 0 Å². The van der Waals surface area contributed by atoms with E-state index in [1.807, 2.05) is 50.2 Å². The van der Waals surface area contributed by atoms with Crippen LogP contribution < -0.4 is 10.6 Å². The minimum Gasteiger partial charge on any atom is -0.466 e. The van der Waals surface area contributed by atoms with Gasteiger partial charge >= 0.3 is 11.9 Å². The normalized spacial score (nSPS) is 24.0. The summed E-state index contributed by atoms with van der Waals surface area (Å²) in [6, 6.07) is 20.6. The summed E-state index contributed by atoms with van der Waals surface area (Å²) >= 11 is 0. The maximum atomic E-state index is 12.4. The molecule has 4 atom stereocenters. The number of carbonyl (C=O) groups excluding carboxylic acids is 2. The van der Waals surface area contributed by atoms with Crippen LogP contribution >= 0.6 is 0 Å². The van der Waals surface area contributed by atoms with Crippen molar-refractivity contribution in [3.8, 4) is 0 Å². The van der Waals surface area contributed by atoms with Gasteiger partial charge in [0, 0.05) is 49.5 Å². The highest BCUT2D eigenvalue weighted by Gasteiger charge is 2.48. The largest absolute Gasteiger partial charge is 0.466 e. The van der Waals surface area contributed by atoms with E-state index in [-0.39, 0.29) is 36.0 Å². The van der Waals surface area contributed by atoms with Gasteiger partial charge in [-0.25, -0.2) is 4.79 Å². The van der Waals surface area contributed by atoms with Crippen LogP contribution in [0.4, 0.5) is 0 Å². The van der Waals surface area contributed by atoms with Gasteiger partial charge in [-0.05, 0) is 51.7 Å².